The van der Waals surface area contributed by atoms with Crippen LogP contribution in [0.25, 0.3) is 0 Å². The van der Waals surface area contributed by atoms with Gasteiger partial charge in [-0.1, -0.05) is 17.7 Å². The van der Waals surface area contributed by atoms with E-state index in [9.17, 15) is 14.4 Å². The van der Waals surface area contributed by atoms with Crippen molar-refractivity contribution in [1.82, 2.24) is 4.90 Å². The van der Waals surface area contributed by atoms with Gasteiger partial charge in [0, 0.05) is 23.9 Å². The number of likely N-dealkylation sites (N-methyl/N-ethyl adjacent to an activating group) is 1. The number of thiophene rings is 1. The summed E-state index contributed by atoms with van der Waals surface area (Å²) in [7, 11) is 0. The molecule has 0 saturated carbocycles. The second-order valence-corrected chi connectivity index (χ2v) is 8.71. The van der Waals surface area contributed by atoms with Crippen molar-refractivity contribution < 1.29 is 23.9 Å². The lowest BCUT2D eigenvalue weighted by Crippen LogP contribution is -2.37. The molecule has 0 aliphatic carbocycles. The molecular formula is C24H22ClN3O5S. The standard InChI is InChI=1S/C24H22ClN3O5S/c1-2-28(14-22(29)26-16-6-8-19-20(13-16)33-10-9-32-19)24(31)15-5-7-17(25)18(12-15)27-23(30)21-4-3-11-34-21/h3-8,11-13H,2,9-10,14H2,1H3,(H,26,29)(H,27,30). The fourth-order valence-electron chi connectivity index (χ4n) is 3.35. The largest absolute Gasteiger partial charge is 0.486 e. The molecule has 1 aromatic heterocycles. The third-order valence-corrected chi connectivity index (χ3v) is 6.23. The summed E-state index contributed by atoms with van der Waals surface area (Å²) in [6.07, 6.45) is 0. The molecule has 2 N–H and O–H groups in total. The van der Waals surface area contributed by atoms with Gasteiger partial charge in [-0.2, -0.15) is 0 Å². The van der Waals surface area contributed by atoms with Gasteiger partial charge < -0.3 is 25.0 Å². The van der Waals surface area contributed by atoms with E-state index in [4.69, 9.17) is 21.1 Å². The number of benzene rings is 2. The van der Waals surface area contributed by atoms with E-state index >= 15 is 0 Å². The first kappa shape index (κ1) is 23.6. The van der Waals surface area contributed by atoms with E-state index in [0.29, 0.717) is 58.1 Å². The number of hydrogen-bond acceptors (Lipinski definition) is 6. The molecule has 2 aromatic carbocycles. The molecule has 8 nitrogen and oxygen atoms in total. The number of rotatable bonds is 7. The van der Waals surface area contributed by atoms with Crippen LogP contribution in [0.5, 0.6) is 11.5 Å². The van der Waals surface area contributed by atoms with Crippen LogP contribution in [0.4, 0.5) is 11.4 Å². The number of nitrogens with one attached hydrogen (secondary N) is 2. The second-order valence-electron chi connectivity index (χ2n) is 7.35. The summed E-state index contributed by atoms with van der Waals surface area (Å²) in [6, 6.07) is 13.2. The highest BCUT2D eigenvalue weighted by atomic mass is 35.5. The van der Waals surface area contributed by atoms with Crippen molar-refractivity contribution in [2.75, 3.05) is 36.9 Å². The predicted octanol–water partition coefficient (Wildman–Crippen LogP) is 4.53. The average Bonchev–Trinajstić information content (AvgIpc) is 3.39. The van der Waals surface area contributed by atoms with E-state index in [1.54, 1.807) is 54.8 Å². The molecule has 0 radical (unpaired) electrons. The van der Waals surface area contributed by atoms with Crippen LogP contribution in [0.15, 0.2) is 53.9 Å². The normalized spacial score (nSPS) is 12.1. The van der Waals surface area contributed by atoms with Crippen LogP contribution >= 0.6 is 22.9 Å². The van der Waals surface area contributed by atoms with Gasteiger partial charge in [0.1, 0.15) is 19.8 Å². The second kappa shape index (κ2) is 10.6. The van der Waals surface area contributed by atoms with Crippen LogP contribution in [0.1, 0.15) is 27.0 Å². The number of hydrogen-bond donors (Lipinski definition) is 2. The number of anilines is 2. The molecule has 1 aliphatic heterocycles. The molecule has 176 valence electrons. The lowest BCUT2D eigenvalue weighted by Gasteiger charge is -2.22. The van der Waals surface area contributed by atoms with E-state index in [-0.39, 0.29) is 24.3 Å². The highest BCUT2D eigenvalue weighted by Gasteiger charge is 2.20. The van der Waals surface area contributed by atoms with E-state index in [1.807, 2.05) is 0 Å². The first-order valence-electron chi connectivity index (χ1n) is 10.6. The van der Waals surface area contributed by atoms with Crippen LogP contribution in [0, 0.1) is 0 Å². The average molecular weight is 500 g/mol. The summed E-state index contributed by atoms with van der Waals surface area (Å²) < 4.78 is 11.0. The maximum absolute atomic E-state index is 13.1. The van der Waals surface area contributed by atoms with Crippen molar-refractivity contribution in [3.63, 3.8) is 0 Å². The molecule has 4 rings (SSSR count). The van der Waals surface area contributed by atoms with Gasteiger partial charge in [0.05, 0.1) is 15.6 Å². The fourth-order valence-corrected chi connectivity index (χ4v) is 4.13. The number of carbonyl (C=O) groups is 3. The minimum Gasteiger partial charge on any atom is -0.486 e. The van der Waals surface area contributed by atoms with Crippen LogP contribution in [-0.2, 0) is 4.79 Å². The van der Waals surface area contributed by atoms with Crippen molar-refractivity contribution in [2.24, 2.45) is 0 Å². The number of ether oxygens (including phenoxy) is 2. The number of halogens is 1. The first-order valence-corrected chi connectivity index (χ1v) is 11.8. The van der Waals surface area contributed by atoms with Gasteiger partial charge in [-0.25, -0.2) is 0 Å². The van der Waals surface area contributed by atoms with Gasteiger partial charge >= 0.3 is 0 Å². The van der Waals surface area contributed by atoms with Crippen molar-refractivity contribution >= 4 is 52.0 Å². The molecule has 1 aliphatic rings. The van der Waals surface area contributed by atoms with Crippen LogP contribution in [-0.4, -0.2) is 48.9 Å². The van der Waals surface area contributed by atoms with Gasteiger partial charge in [-0.3, -0.25) is 14.4 Å². The van der Waals surface area contributed by atoms with Gasteiger partial charge in [0.15, 0.2) is 11.5 Å². The summed E-state index contributed by atoms with van der Waals surface area (Å²) in [5, 5.41) is 7.61. The van der Waals surface area contributed by atoms with E-state index < -0.39 is 0 Å². The van der Waals surface area contributed by atoms with Crippen molar-refractivity contribution in [3.8, 4) is 11.5 Å². The SMILES string of the molecule is CCN(CC(=O)Nc1ccc2c(c1)OCCO2)C(=O)c1ccc(Cl)c(NC(=O)c2cccs2)c1. The van der Waals surface area contributed by atoms with Crippen molar-refractivity contribution in [1.29, 1.82) is 0 Å². The Bertz CT molecular complexity index is 1220. The first-order chi connectivity index (χ1) is 16.4. The monoisotopic (exact) mass is 499 g/mol. The van der Waals surface area contributed by atoms with Gasteiger partial charge in [-0.05, 0) is 48.7 Å². The highest BCUT2D eigenvalue weighted by molar-refractivity contribution is 7.12. The molecular weight excluding hydrogens is 478 g/mol. The van der Waals surface area contributed by atoms with E-state index in [0.717, 1.165) is 0 Å². The third kappa shape index (κ3) is 5.49. The zero-order valence-corrected chi connectivity index (χ0v) is 19.9. The Morgan fingerprint density at radius 1 is 1.03 bits per heavy atom. The lowest BCUT2D eigenvalue weighted by atomic mass is 10.1. The molecule has 0 bridgehead atoms. The minimum absolute atomic E-state index is 0.150. The Morgan fingerprint density at radius 3 is 2.56 bits per heavy atom. The van der Waals surface area contributed by atoms with E-state index in [2.05, 4.69) is 10.6 Å². The molecule has 10 heteroatoms. The van der Waals surface area contributed by atoms with Gasteiger partial charge in [0.2, 0.25) is 5.91 Å². The maximum Gasteiger partial charge on any atom is 0.265 e. The van der Waals surface area contributed by atoms with E-state index in [1.165, 1.54) is 22.3 Å². The Kier molecular flexibility index (Phi) is 7.34. The molecule has 0 fully saturated rings. The number of nitrogens with zero attached hydrogens (tertiary/aromatic N) is 1. The highest BCUT2D eigenvalue weighted by Crippen LogP contribution is 2.32. The van der Waals surface area contributed by atoms with Crippen LogP contribution < -0.4 is 20.1 Å². The zero-order valence-electron chi connectivity index (χ0n) is 18.3. The van der Waals surface area contributed by atoms with Crippen LogP contribution in [0.3, 0.4) is 0 Å². The van der Waals surface area contributed by atoms with Crippen molar-refractivity contribution in [3.05, 3.63) is 69.4 Å². The maximum atomic E-state index is 13.1. The van der Waals surface area contributed by atoms with Crippen molar-refractivity contribution in [2.45, 2.75) is 6.92 Å². The third-order valence-electron chi connectivity index (χ3n) is 5.04. The molecule has 0 saturated heterocycles. The summed E-state index contributed by atoms with van der Waals surface area (Å²) >= 11 is 7.53. The smallest absolute Gasteiger partial charge is 0.265 e. The molecule has 3 amide bonds. The summed E-state index contributed by atoms with van der Waals surface area (Å²) in [4.78, 5) is 40.0. The topological polar surface area (TPSA) is 97.0 Å². The molecule has 3 aromatic rings. The Balaban J connectivity index is 1.42. The number of carbonyl (C=O) groups excluding carboxylic acids is 3. The molecule has 0 spiro atoms. The summed E-state index contributed by atoms with van der Waals surface area (Å²) in [5.74, 6) is 0.160. The lowest BCUT2D eigenvalue weighted by molar-refractivity contribution is -0.116. The van der Waals surface area contributed by atoms with Crippen LogP contribution in [0.2, 0.25) is 5.02 Å². The number of fused-ring (bicyclic) bond motifs is 1. The predicted molar refractivity (Wildman–Crippen MR) is 131 cm³/mol. The summed E-state index contributed by atoms with van der Waals surface area (Å²) in [6.45, 7) is 2.87. The Morgan fingerprint density at radius 2 is 1.82 bits per heavy atom. The number of amides is 3. The molecule has 34 heavy (non-hydrogen) atoms. The quantitative estimate of drug-likeness (QED) is 0.498. The molecule has 2 heterocycles. The van der Waals surface area contributed by atoms with Gasteiger partial charge in [-0.15, -0.1) is 11.3 Å². The zero-order chi connectivity index (χ0) is 24.1. The Labute approximate surface area is 205 Å². The van der Waals surface area contributed by atoms with Gasteiger partial charge in [0.25, 0.3) is 11.8 Å². The fraction of sp³-hybridized carbons (Fsp3) is 0.208. The molecule has 0 unspecified atom stereocenters. The Hall–Kier alpha value is -3.56. The molecule has 0 atom stereocenters. The summed E-state index contributed by atoms with van der Waals surface area (Å²) in [5.41, 5.74) is 1.17. The minimum atomic E-state index is -0.358.